The van der Waals surface area contributed by atoms with Gasteiger partial charge in [0.25, 0.3) is 0 Å². The zero-order chi connectivity index (χ0) is 11.4. The van der Waals surface area contributed by atoms with Gasteiger partial charge in [-0.25, -0.2) is 9.78 Å². The topological polar surface area (TPSA) is 82.5 Å². The van der Waals surface area contributed by atoms with Gasteiger partial charge in [0.15, 0.2) is 0 Å². The number of nitrogens with zero attached hydrogens (tertiary/aromatic N) is 1. The van der Waals surface area contributed by atoms with Gasteiger partial charge < -0.3 is 15.5 Å². The number of hydrogen-bond acceptors (Lipinski definition) is 4. The number of rotatable bonds is 4. The van der Waals surface area contributed by atoms with E-state index in [-0.39, 0.29) is 18.2 Å². The maximum absolute atomic E-state index is 10.9. The molecule has 3 N–H and O–H groups in total. The molecule has 0 aliphatic rings. The Morgan fingerprint density at radius 3 is 2.80 bits per heavy atom. The molecule has 5 nitrogen and oxygen atoms in total. The summed E-state index contributed by atoms with van der Waals surface area (Å²) < 4.78 is 0. The minimum atomic E-state index is -1.03. The summed E-state index contributed by atoms with van der Waals surface area (Å²) in [6.45, 7) is 3.45. The van der Waals surface area contributed by atoms with Crippen LogP contribution in [-0.2, 0) is 0 Å². The van der Waals surface area contributed by atoms with E-state index in [1.165, 1.54) is 6.07 Å². The van der Waals surface area contributed by atoms with Crippen LogP contribution in [0.2, 0.25) is 0 Å². The highest BCUT2D eigenvalue weighted by molar-refractivity contribution is 5.93. The lowest BCUT2D eigenvalue weighted by Crippen LogP contribution is -2.22. The summed E-state index contributed by atoms with van der Waals surface area (Å²) in [5, 5.41) is 20.6. The number of nitrogens with one attached hydrogen (secondary N) is 1. The molecule has 0 bridgehead atoms. The summed E-state index contributed by atoms with van der Waals surface area (Å²) in [4.78, 5) is 14.9. The van der Waals surface area contributed by atoms with E-state index in [1.807, 2.05) is 0 Å². The van der Waals surface area contributed by atoms with E-state index in [9.17, 15) is 4.79 Å². The van der Waals surface area contributed by atoms with Gasteiger partial charge >= 0.3 is 5.97 Å². The fraction of sp³-hybridized carbons (Fsp3) is 0.400. The lowest BCUT2D eigenvalue weighted by Gasteiger charge is -2.13. The molecule has 5 heteroatoms. The van der Waals surface area contributed by atoms with Crippen molar-refractivity contribution in [2.24, 2.45) is 0 Å². The number of aromatic nitrogens is 1. The number of pyridine rings is 1. The second kappa shape index (κ2) is 4.75. The van der Waals surface area contributed by atoms with Crippen LogP contribution in [0.5, 0.6) is 0 Å². The molecule has 0 fully saturated rings. The van der Waals surface area contributed by atoms with E-state index in [0.29, 0.717) is 5.82 Å². The molecular weight excluding hydrogens is 196 g/mol. The Bertz CT molecular complexity index is 366. The molecule has 0 amide bonds. The maximum Gasteiger partial charge on any atom is 0.339 e. The Morgan fingerprint density at radius 2 is 2.27 bits per heavy atom. The zero-order valence-electron chi connectivity index (χ0n) is 8.69. The second-order valence-electron chi connectivity index (χ2n) is 3.38. The third-order valence-electron chi connectivity index (χ3n) is 1.92. The predicted molar refractivity (Wildman–Crippen MR) is 56.1 cm³/mol. The van der Waals surface area contributed by atoms with Crippen molar-refractivity contribution in [3.63, 3.8) is 0 Å². The Labute approximate surface area is 87.8 Å². The van der Waals surface area contributed by atoms with Crippen LogP contribution in [0.25, 0.3) is 0 Å². The molecule has 1 aromatic heterocycles. The van der Waals surface area contributed by atoms with Gasteiger partial charge in [-0.15, -0.1) is 0 Å². The van der Waals surface area contributed by atoms with Gasteiger partial charge in [-0.2, -0.15) is 0 Å². The third kappa shape index (κ3) is 2.92. The van der Waals surface area contributed by atoms with E-state index in [0.717, 1.165) is 5.69 Å². The van der Waals surface area contributed by atoms with Gasteiger partial charge in [-0.3, -0.25) is 0 Å². The number of aliphatic hydroxyl groups excluding tert-OH is 1. The van der Waals surface area contributed by atoms with Crippen LogP contribution >= 0.6 is 0 Å². The smallest absolute Gasteiger partial charge is 0.339 e. The van der Waals surface area contributed by atoms with Gasteiger partial charge in [0.1, 0.15) is 11.4 Å². The minimum absolute atomic E-state index is 0.0747. The average molecular weight is 210 g/mol. The van der Waals surface area contributed by atoms with E-state index in [1.54, 1.807) is 19.9 Å². The van der Waals surface area contributed by atoms with E-state index < -0.39 is 5.97 Å². The molecule has 0 spiro atoms. The quantitative estimate of drug-likeness (QED) is 0.687. The van der Waals surface area contributed by atoms with Crippen molar-refractivity contribution in [2.75, 3.05) is 11.9 Å². The van der Waals surface area contributed by atoms with Crippen molar-refractivity contribution in [3.05, 3.63) is 23.4 Å². The first kappa shape index (κ1) is 11.5. The summed E-state index contributed by atoms with van der Waals surface area (Å²) in [5.41, 5.74) is 0.841. The summed E-state index contributed by atoms with van der Waals surface area (Å²) in [5.74, 6) is -0.737. The summed E-state index contributed by atoms with van der Waals surface area (Å²) in [6.07, 6.45) is 0. The number of hydrogen-bond donors (Lipinski definition) is 3. The average Bonchev–Trinajstić information content (AvgIpc) is 2.17. The van der Waals surface area contributed by atoms with Gasteiger partial charge in [0.2, 0.25) is 0 Å². The highest BCUT2D eigenvalue weighted by Crippen LogP contribution is 2.14. The van der Waals surface area contributed by atoms with Crippen molar-refractivity contribution >= 4 is 11.8 Å². The Hall–Kier alpha value is -1.62. The number of carbonyl (C=O) groups is 1. The van der Waals surface area contributed by atoms with E-state index in [4.69, 9.17) is 10.2 Å². The molecule has 0 aromatic carbocycles. The Kier molecular flexibility index (Phi) is 3.62. The molecule has 0 radical (unpaired) electrons. The first-order valence-corrected chi connectivity index (χ1v) is 4.63. The molecular formula is C10H14N2O3. The number of aryl methyl sites for hydroxylation is 1. The van der Waals surface area contributed by atoms with Crippen molar-refractivity contribution < 1.29 is 15.0 Å². The van der Waals surface area contributed by atoms with Crippen LogP contribution in [0, 0.1) is 6.92 Å². The van der Waals surface area contributed by atoms with Gasteiger partial charge in [0.05, 0.1) is 6.61 Å². The van der Waals surface area contributed by atoms with E-state index in [2.05, 4.69) is 10.3 Å². The summed E-state index contributed by atoms with van der Waals surface area (Å²) >= 11 is 0. The van der Waals surface area contributed by atoms with Gasteiger partial charge in [-0.05, 0) is 26.0 Å². The highest BCUT2D eigenvalue weighted by Gasteiger charge is 2.12. The molecule has 0 aliphatic carbocycles. The molecule has 1 unspecified atom stereocenters. The first-order chi connectivity index (χ1) is 7.04. The number of carboxylic acid groups (broad SMARTS) is 1. The van der Waals surface area contributed by atoms with Gasteiger partial charge in [0, 0.05) is 11.7 Å². The minimum Gasteiger partial charge on any atom is -0.478 e. The lowest BCUT2D eigenvalue weighted by atomic mass is 10.2. The van der Waals surface area contributed by atoms with Crippen molar-refractivity contribution in [1.29, 1.82) is 0 Å². The maximum atomic E-state index is 10.9. The van der Waals surface area contributed by atoms with Crippen LogP contribution in [-0.4, -0.2) is 33.8 Å². The van der Waals surface area contributed by atoms with Crippen LogP contribution in [0.15, 0.2) is 12.1 Å². The molecule has 0 aliphatic heterocycles. The fourth-order valence-corrected chi connectivity index (χ4v) is 1.12. The SMILES string of the molecule is Cc1ccc(C(=O)O)c(NC(C)CO)n1. The van der Waals surface area contributed by atoms with Crippen LogP contribution in [0.1, 0.15) is 23.0 Å². The molecule has 15 heavy (non-hydrogen) atoms. The van der Waals surface area contributed by atoms with Crippen LogP contribution < -0.4 is 5.32 Å². The van der Waals surface area contributed by atoms with E-state index >= 15 is 0 Å². The predicted octanol–water partition coefficient (Wildman–Crippen LogP) is 0.881. The monoisotopic (exact) mass is 210 g/mol. The molecule has 1 rings (SSSR count). The molecule has 0 saturated carbocycles. The highest BCUT2D eigenvalue weighted by atomic mass is 16.4. The zero-order valence-corrected chi connectivity index (χ0v) is 8.69. The third-order valence-corrected chi connectivity index (χ3v) is 1.92. The Balaban J connectivity index is 3.02. The van der Waals surface area contributed by atoms with Crippen molar-refractivity contribution in [3.8, 4) is 0 Å². The number of carboxylic acids is 1. The second-order valence-corrected chi connectivity index (χ2v) is 3.38. The van der Waals surface area contributed by atoms with Crippen LogP contribution in [0.4, 0.5) is 5.82 Å². The molecule has 82 valence electrons. The molecule has 0 saturated heterocycles. The molecule has 1 atom stereocenters. The summed E-state index contributed by atoms with van der Waals surface area (Å²) in [6, 6.07) is 2.91. The number of anilines is 1. The van der Waals surface area contributed by atoms with Gasteiger partial charge in [-0.1, -0.05) is 0 Å². The van der Waals surface area contributed by atoms with Crippen molar-refractivity contribution in [2.45, 2.75) is 19.9 Å². The fourth-order valence-electron chi connectivity index (χ4n) is 1.12. The normalized spacial score (nSPS) is 12.2. The lowest BCUT2D eigenvalue weighted by molar-refractivity contribution is 0.0697. The molecule has 1 heterocycles. The summed E-state index contributed by atoms with van der Waals surface area (Å²) in [7, 11) is 0. The number of aromatic carboxylic acids is 1. The Morgan fingerprint density at radius 1 is 1.60 bits per heavy atom. The van der Waals surface area contributed by atoms with Crippen molar-refractivity contribution in [1.82, 2.24) is 4.98 Å². The first-order valence-electron chi connectivity index (χ1n) is 4.63. The van der Waals surface area contributed by atoms with Crippen LogP contribution in [0.3, 0.4) is 0 Å². The standard InChI is InChI=1S/C10H14N2O3/c1-6-3-4-8(10(14)15)9(11-6)12-7(2)5-13/h3-4,7,13H,5H2,1-2H3,(H,11,12)(H,14,15). The largest absolute Gasteiger partial charge is 0.478 e. The molecule has 1 aromatic rings. The number of aliphatic hydroxyl groups is 1.